The Kier molecular flexibility index (Phi) is 2.40. The normalized spacial score (nSPS) is 17.1. The molecule has 0 aromatic rings. The van der Waals surface area contributed by atoms with Crippen molar-refractivity contribution in [1.29, 1.82) is 0 Å². The van der Waals surface area contributed by atoms with Crippen LogP contribution in [0.2, 0.25) is 0 Å². The molecular formula is C7H7F3O2. The van der Waals surface area contributed by atoms with Gasteiger partial charge in [0.05, 0.1) is 6.61 Å². The zero-order valence-electron chi connectivity index (χ0n) is 6.15. The molecule has 1 rings (SSSR count). The lowest BCUT2D eigenvalue weighted by atomic mass is 10.2. The van der Waals surface area contributed by atoms with Crippen LogP contribution in [0.3, 0.4) is 0 Å². The van der Waals surface area contributed by atoms with E-state index in [2.05, 4.69) is 4.74 Å². The van der Waals surface area contributed by atoms with Gasteiger partial charge in [0.15, 0.2) is 5.76 Å². The zero-order valence-corrected chi connectivity index (χ0v) is 6.15. The molecule has 2 nitrogen and oxygen atoms in total. The number of carbonyl (C=O) groups is 1. The van der Waals surface area contributed by atoms with Gasteiger partial charge in [-0.05, 0) is 6.08 Å². The highest BCUT2D eigenvalue weighted by Gasteiger charge is 2.33. The van der Waals surface area contributed by atoms with E-state index < -0.39 is 18.4 Å². The van der Waals surface area contributed by atoms with Gasteiger partial charge in [0.2, 0.25) is 5.78 Å². The number of Topliss-reactive ketones (excluding diaryl/α,β-unsaturated/α-hetero) is 1. The van der Waals surface area contributed by atoms with Crippen LogP contribution >= 0.6 is 0 Å². The minimum Gasteiger partial charge on any atom is -0.490 e. The van der Waals surface area contributed by atoms with Gasteiger partial charge in [0.25, 0.3) is 0 Å². The smallest absolute Gasteiger partial charge is 0.396 e. The van der Waals surface area contributed by atoms with Gasteiger partial charge in [-0.1, -0.05) is 0 Å². The van der Waals surface area contributed by atoms with Gasteiger partial charge in [-0.15, -0.1) is 0 Å². The van der Waals surface area contributed by atoms with Crippen LogP contribution in [0.5, 0.6) is 0 Å². The van der Waals surface area contributed by atoms with Gasteiger partial charge in [-0.3, -0.25) is 4.79 Å². The first-order valence-electron chi connectivity index (χ1n) is 3.42. The third-order valence-electron chi connectivity index (χ3n) is 1.34. The first kappa shape index (κ1) is 9.09. The summed E-state index contributed by atoms with van der Waals surface area (Å²) in [6.45, 7) is 0.304. The molecule has 0 spiro atoms. The van der Waals surface area contributed by atoms with Crippen molar-refractivity contribution in [2.24, 2.45) is 0 Å². The molecule has 1 aliphatic heterocycles. The predicted molar refractivity (Wildman–Crippen MR) is 34.3 cm³/mol. The number of ketones is 1. The van der Waals surface area contributed by atoms with E-state index in [0.29, 0.717) is 13.0 Å². The molecule has 1 aliphatic rings. The minimum absolute atomic E-state index is 0.146. The van der Waals surface area contributed by atoms with Gasteiger partial charge in [0, 0.05) is 6.42 Å². The third-order valence-corrected chi connectivity index (χ3v) is 1.34. The molecular weight excluding hydrogens is 173 g/mol. The lowest BCUT2D eigenvalue weighted by Crippen LogP contribution is -2.16. The van der Waals surface area contributed by atoms with Crippen molar-refractivity contribution in [3.8, 4) is 0 Å². The number of hydrogen-bond acceptors (Lipinski definition) is 2. The number of alkyl halides is 3. The topological polar surface area (TPSA) is 26.3 Å². The van der Waals surface area contributed by atoms with Crippen molar-refractivity contribution < 1.29 is 22.7 Å². The van der Waals surface area contributed by atoms with Crippen molar-refractivity contribution in [1.82, 2.24) is 0 Å². The maximum absolute atomic E-state index is 11.7. The average molecular weight is 180 g/mol. The Morgan fingerprint density at radius 3 is 2.67 bits per heavy atom. The van der Waals surface area contributed by atoms with Gasteiger partial charge in [-0.25, -0.2) is 0 Å². The average Bonchev–Trinajstić information content (AvgIpc) is 2.32. The summed E-state index contributed by atoms with van der Waals surface area (Å²) >= 11 is 0. The second-order valence-electron chi connectivity index (χ2n) is 2.42. The van der Waals surface area contributed by atoms with Crippen LogP contribution in [0.25, 0.3) is 0 Å². The van der Waals surface area contributed by atoms with Crippen LogP contribution in [-0.4, -0.2) is 18.6 Å². The van der Waals surface area contributed by atoms with Crippen LogP contribution in [0, 0.1) is 0 Å². The summed E-state index contributed by atoms with van der Waals surface area (Å²) in [4.78, 5) is 10.7. The van der Waals surface area contributed by atoms with E-state index >= 15 is 0 Å². The first-order chi connectivity index (χ1) is 5.49. The molecule has 0 atom stereocenters. The molecule has 0 aromatic carbocycles. The quantitative estimate of drug-likeness (QED) is 0.647. The van der Waals surface area contributed by atoms with Crippen molar-refractivity contribution in [2.45, 2.75) is 19.0 Å². The Balaban J connectivity index is 2.49. The van der Waals surface area contributed by atoms with E-state index in [9.17, 15) is 18.0 Å². The number of rotatable bonds is 2. The van der Waals surface area contributed by atoms with Gasteiger partial charge in [0.1, 0.15) is 6.42 Å². The van der Waals surface area contributed by atoms with E-state index in [0.717, 1.165) is 0 Å². The molecule has 0 saturated heterocycles. The van der Waals surface area contributed by atoms with E-state index in [1.54, 1.807) is 0 Å². The highest BCUT2D eigenvalue weighted by atomic mass is 19.4. The highest BCUT2D eigenvalue weighted by molar-refractivity contribution is 5.94. The van der Waals surface area contributed by atoms with E-state index in [1.165, 1.54) is 6.08 Å². The van der Waals surface area contributed by atoms with Gasteiger partial charge >= 0.3 is 6.18 Å². The summed E-state index contributed by atoms with van der Waals surface area (Å²) in [6, 6.07) is 0. The number of ether oxygens (including phenoxy) is 1. The number of allylic oxidation sites excluding steroid dienone is 1. The molecule has 0 fully saturated rings. The SMILES string of the molecule is O=C(CC(F)(F)F)C1=CCCO1. The summed E-state index contributed by atoms with van der Waals surface area (Å²) in [6.07, 6.45) is -3.98. The first-order valence-corrected chi connectivity index (χ1v) is 3.42. The van der Waals surface area contributed by atoms with Crippen LogP contribution < -0.4 is 0 Å². The molecule has 0 unspecified atom stereocenters. The van der Waals surface area contributed by atoms with Crippen LogP contribution in [0.1, 0.15) is 12.8 Å². The molecule has 0 radical (unpaired) electrons. The molecule has 1 heterocycles. The second-order valence-corrected chi connectivity index (χ2v) is 2.42. The lowest BCUT2D eigenvalue weighted by Gasteiger charge is -2.05. The van der Waals surface area contributed by atoms with Gasteiger partial charge in [-0.2, -0.15) is 13.2 Å². The Morgan fingerprint density at radius 2 is 2.25 bits per heavy atom. The summed E-state index contributed by atoms with van der Waals surface area (Å²) in [5.41, 5.74) is 0. The van der Waals surface area contributed by atoms with Crippen LogP contribution in [0.4, 0.5) is 13.2 Å². The maximum Gasteiger partial charge on any atom is 0.396 e. The van der Waals surface area contributed by atoms with Crippen molar-refractivity contribution in [3.63, 3.8) is 0 Å². The summed E-state index contributed by atoms with van der Waals surface area (Å²) in [7, 11) is 0. The molecule has 12 heavy (non-hydrogen) atoms. The fourth-order valence-corrected chi connectivity index (χ4v) is 0.881. The number of hydrogen-bond donors (Lipinski definition) is 0. The molecule has 0 saturated carbocycles. The monoisotopic (exact) mass is 180 g/mol. The zero-order chi connectivity index (χ0) is 9.19. The minimum atomic E-state index is -4.44. The standard InChI is InChI=1S/C7H7F3O2/c8-7(9,10)4-5(11)6-2-1-3-12-6/h2H,1,3-4H2. The van der Waals surface area contributed by atoms with E-state index in [4.69, 9.17) is 0 Å². The van der Waals surface area contributed by atoms with E-state index in [1.807, 2.05) is 0 Å². The molecule has 0 N–H and O–H groups in total. The largest absolute Gasteiger partial charge is 0.490 e. The molecule has 0 aromatic heterocycles. The molecule has 0 bridgehead atoms. The van der Waals surface area contributed by atoms with Crippen LogP contribution in [-0.2, 0) is 9.53 Å². The summed E-state index contributed by atoms with van der Waals surface area (Å²) in [5.74, 6) is -1.13. The predicted octanol–water partition coefficient (Wildman–Crippen LogP) is 1.81. The Hall–Kier alpha value is -1.00. The van der Waals surface area contributed by atoms with Crippen molar-refractivity contribution >= 4 is 5.78 Å². The fraction of sp³-hybridized carbons (Fsp3) is 0.571. The molecule has 5 heteroatoms. The lowest BCUT2D eigenvalue weighted by molar-refractivity contribution is -0.151. The number of carbonyl (C=O) groups excluding carboxylic acids is 1. The highest BCUT2D eigenvalue weighted by Crippen LogP contribution is 2.23. The maximum atomic E-state index is 11.7. The molecule has 0 aliphatic carbocycles. The molecule has 68 valence electrons. The Bertz CT molecular complexity index is 217. The summed E-state index contributed by atoms with van der Waals surface area (Å²) < 4.78 is 39.6. The Morgan fingerprint density at radius 1 is 1.58 bits per heavy atom. The van der Waals surface area contributed by atoms with Crippen molar-refractivity contribution in [2.75, 3.05) is 6.61 Å². The summed E-state index contributed by atoms with van der Waals surface area (Å²) in [5, 5.41) is 0. The Labute approximate surface area is 67.0 Å². The second kappa shape index (κ2) is 3.16. The third kappa shape index (κ3) is 2.56. The fourth-order valence-electron chi connectivity index (χ4n) is 0.881. The number of halogens is 3. The van der Waals surface area contributed by atoms with Crippen molar-refractivity contribution in [3.05, 3.63) is 11.8 Å². The van der Waals surface area contributed by atoms with E-state index in [-0.39, 0.29) is 5.76 Å². The van der Waals surface area contributed by atoms with Gasteiger partial charge < -0.3 is 4.74 Å². The molecule has 0 amide bonds. The van der Waals surface area contributed by atoms with Crippen LogP contribution in [0.15, 0.2) is 11.8 Å².